The molecule has 3 N–H and O–H groups in total. The molecule has 0 aliphatic heterocycles. The van der Waals surface area contributed by atoms with Crippen molar-refractivity contribution in [1.29, 1.82) is 0 Å². The molecule has 0 fully saturated rings. The first-order valence-electron chi connectivity index (χ1n) is 9.59. The lowest BCUT2D eigenvalue weighted by Gasteiger charge is -2.09. The molecule has 0 aliphatic carbocycles. The Labute approximate surface area is 181 Å². The first-order chi connectivity index (χ1) is 15.5. The fourth-order valence-corrected chi connectivity index (χ4v) is 3.43. The van der Waals surface area contributed by atoms with Crippen LogP contribution in [0, 0.1) is 11.6 Å². The molecule has 4 aromatic rings. The SMILES string of the molecule is COc1ncccc1NCc1cn(Cc2ccc(F)cc2F)c2cnc(C(=O)NO)cc12. The van der Waals surface area contributed by atoms with Crippen LogP contribution < -0.4 is 15.5 Å². The Hall–Kier alpha value is -4.05. The van der Waals surface area contributed by atoms with E-state index in [9.17, 15) is 13.6 Å². The lowest BCUT2D eigenvalue weighted by Crippen LogP contribution is -2.19. The molecule has 0 unspecified atom stereocenters. The summed E-state index contributed by atoms with van der Waals surface area (Å²) in [5.74, 6) is -1.64. The summed E-state index contributed by atoms with van der Waals surface area (Å²) in [4.78, 5) is 20.1. The Bertz CT molecular complexity index is 1290. The number of aromatic nitrogens is 3. The maximum atomic E-state index is 14.2. The Morgan fingerprint density at radius 1 is 1.19 bits per heavy atom. The second-order valence-corrected chi connectivity index (χ2v) is 6.96. The number of amides is 1. The van der Waals surface area contributed by atoms with Gasteiger partial charge in [-0.1, -0.05) is 6.07 Å². The second kappa shape index (κ2) is 8.98. The number of hydrogen-bond acceptors (Lipinski definition) is 6. The molecule has 0 atom stereocenters. The van der Waals surface area contributed by atoms with Crippen molar-refractivity contribution in [2.75, 3.05) is 12.4 Å². The molecule has 1 aromatic carbocycles. The largest absolute Gasteiger partial charge is 0.480 e. The number of benzene rings is 1. The van der Waals surface area contributed by atoms with Crippen LogP contribution in [0.2, 0.25) is 0 Å². The lowest BCUT2D eigenvalue weighted by molar-refractivity contribution is 0.0701. The smallest absolute Gasteiger partial charge is 0.293 e. The summed E-state index contributed by atoms with van der Waals surface area (Å²) in [6.45, 7) is 0.466. The molecule has 8 nitrogen and oxygen atoms in total. The number of nitrogens with one attached hydrogen (secondary N) is 2. The number of halogens is 2. The third kappa shape index (κ3) is 4.21. The average Bonchev–Trinajstić information content (AvgIpc) is 3.15. The zero-order valence-corrected chi connectivity index (χ0v) is 17.0. The fourth-order valence-electron chi connectivity index (χ4n) is 3.43. The maximum absolute atomic E-state index is 14.2. The molecule has 0 saturated heterocycles. The van der Waals surface area contributed by atoms with Crippen molar-refractivity contribution in [2.45, 2.75) is 13.1 Å². The quantitative estimate of drug-likeness (QED) is 0.301. The minimum atomic E-state index is -0.753. The predicted octanol–water partition coefficient (Wildman–Crippen LogP) is 3.50. The van der Waals surface area contributed by atoms with Gasteiger partial charge in [-0.2, -0.15) is 0 Å². The number of ether oxygens (including phenoxy) is 1. The molecule has 4 rings (SSSR count). The molecule has 3 aromatic heterocycles. The summed E-state index contributed by atoms with van der Waals surface area (Å²) in [5, 5.41) is 12.9. The number of pyridine rings is 2. The Kier molecular flexibility index (Phi) is 5.95. The van der Waals surface area contributed by atoms with Crippen molar-refractivity contribution in [1.82, 2.24) is 20.0 Å². The van der Waals surface area contributed by atoms with Crippen LogP contribution in [0.25, 0.3) is 10.9 Å². The minimum Gasteiger partial charge on any atom is -0.480 e. The van der Waals surface area contributed by atoms with Gasteiger partial charge >= 0.3 is 0 Å². The molecule has 0 saturated carbocycles. The summed E-state index contributed by atoms with van der Waals surface area (Å²) in [5.41, 5.74) is 3.97. The van der Waals surface area contributed by atoms with Gasteiger partial charge in [0.2, 0.25) is 5.88 Å². The van der Waals surface area contributed by atoms with Gasteiger partial charge < -0.3 is 14.6 Å². The molecular weight excluding hydrogens is 420 g/mol. The maximum Gasteiger partial charge on any atom is 0.293 e. The first-order valence-corrected chi connectivity index (χ1v) is 9.59. The topological polar surface area (TPSA) is 101 Å². The van der Waals surface area contributed by atoms with E-state index >= 15 is 0 Å². The summed E-state index contributed by atoms with van der Waals surface area (Å²) < 4.78 is 34.5. The van der Waals surface area contributed by atoms with Crippen molar-refractivity contribution >= 4 is 22.5 Å². The van der Waals surface area contributed by atoms with E-state index < -0.39 is 17.5 Å². The Morgan fingerprint density at radius 3 is 2.78 bits per heavy atom. The van der Waals surface area contributed by atoms with E-state index in [0.717, 1.165) is 11.6 Å². The molecule has 0 aliphatic rings. The standard InChI is InChI=1S/C22H19F2N5O3/c1-32-22-18(3-2-6-25-22)26-9-14-12-29(11-13-4-5-15(23)7-17(13)24)20-10-27-19(8-16(14)20)21(30)28-31/h2-8,10,12,26,31H,9,11H2,1H3,(H,28,30). The first kappa shape index (κ1) is 21.2. The van der Waals surface area contributed by atoms with E-state index in [1.54, 1.807) is 28.5 Å². The number of methoxy groups -OCH3 is 1. The van der Waals surface area contributed by atoms with E-state index in [4.69, 9.17) is 9.94 Å². The van der Waals surface area contributed by atoms with E-state index in [-0.39, 0.29) is 12.2 Å². The fraction of sp³-hybridized carbons (Fsp3) is 0.136. The van der Waals surface area contributed by atoms with Crippen LogP contribution in [-0.4, -0.2) is 32.8 Å². The number of fused-ring (bicyclic) bond motifs is 1. The predicted molar refractivity (Wildman–Crippen MR) is 113 cm³/mol. The third-order valence-electron chi connectivity index (χ3n) is 4.97. The number of rotatable bonds is 7. The highest BCUT2D eigenvalue weighted by molar-refractivity contribution is 5.96. The molecule has 1 amide bonds. The van der Waals surface area contributed by atoms with E-state index in [2.05, 4.69) is 15.3 Å². The number of carbonyl (C=O) groups is 1. The highest BCUT2D eigenvalue weighted by Gasteiger charge is 2.15. The van der Waals surface area contributed by atoms with Gasteiger partial charge in [-0.3, -0.25) is 10.0 Å². The van der Waals surface area contributed by atoms with Gasteiger partial charge in [0.15, 0.2) is 0 Å². The second-order valence-electron chi connectivity index (χ2n) is 6.96. The Balaban J connectivity index is 1.73. The normalized spacial score (nSPS) is 10.9. The molecule has 164 valence electrons. The molecule has 10 heteroatoms. The molecule has 0 bridgehead atoms. The molecule has 32 heavy (non-hydrogen) atoms. The van der Waals surface area contributed by atoms with Crippen LogP contribution >= 0.6 is 0 Å². The van der Waals surface area contributed by atoms with Crippen LogP contribution in [0.4, 0.5) is 14.5 Å². The van der Waals surface area contributed by atoms with Gasteiger partial charge in [0.05, 0.1) is 31.1 Å². The average molecular weight is 439 g/mol. The molecular formula is C22H19F2N5O3. The lowest BCUT2D eigenvalue weighted by atomic mass is 10.1. The van der Waals surface area contributed by atoms with Crippen molar-refractivity contribution in [3.05, 3.63) is 83.4 Å². The highest BCUT2D eigenvalue weighted by Crippen LogP contribution is 2.26. The summed E-state index contributed by atoms with van der Waals surface area (Å²) >= 11 is 0. The van der Waals surface area contributed by atoms with Gasteiger partial charge in [0.25, 0.3) is 5.91 Å². The molecule has 0 radical (unpaired) electrons. The number of carbonyl (C=O) groups excluding carboxylic acids is 1. The highest BCUT2D eigenvalue weighted by atomic mass is 19.1. The zero-order chi connectivity index (χ0) is 22.7. The van der Waals surface area contributed by atoms with Crippen molar-refractivity contribution in [2.24, 2.45) is 0 Å². The van der Waals surface area contributed by atoms with Gasteiger partial charge in [-0.05, 0) is 29.8 Å². The van der Waals surface area contributed by atoms with E-state index in [0.29, 0.717) is 34.6 Å². The molecule has 3 heterocycles. The van der Waals surface area contributed by atoms with Gasteiger partial charge in [-0.25, -0.2) is 24.2 Å². The van der Waals surface area contributed by atoms with Crippen LogP contribution in [0.15, 0.2) is 55.0 Å². The number of hydrogen-bond donors (Lipinski definition) is 3. The Morgan fingerprint density at radius 2 is 2.03 bits per heavy atom. The van der Waals surface area contributed by atoms with Gasteiger partial charge in [0, 0.05) is 36.0 Å². The van der Waals surface area contributed by atoms with Crippen molar-refractivity contribution < 1.29 is 23.5 Å². The van der Waals surface area contributed by atoms with Gasteiger partial charge in [0.1, 0.15) is 17.3 Å². The van der Waals surface area contributed by atoms with Crippen LogP contribution in [0.3, 0.4) is 0 Å². The summed E-state index contributed by atoms with van der Waals surface area (Å²) in [6.07, 6.45) is 4.87. The monoisotopic (exact) mass is 439 g/mol. The van der Waals surface area contributed by atoms with Crippen molar-refractivity contribution in [3.8, 4) is 5.88 Å². The van der Waals surface area contributed by atoms with E-state index in [1.165, 1.54) is 31.5 Å². The van der Waals surface area contributed by atoms with E-state index in [1.807, 2.05) is 6.07 Å². The number of nitrogens with zero attached hydrogens (tertiary/aromatic N) is 3. The van der Waals surface area contributed by atoms with Crippen LogP contribution in [-0.2, 0) is 13.1 Å². The third-order valence-corrected chi connectivity index (χ3v) is 4.97. The summed E-state index contributed by atoms with van der Waals surface area (Å²) in [6, 6.07) is 8.53. The van der Waals surface area contributed by atoms with Crippen LogP contribution in [0.1, 0.15) is 21.6 Å². The van der Waals surface area contributed by atoms with Gasteiger partial charge in [-0.15, -0.1) is 0 Å². The number of hydroxylamine groups is 1. The molecule has 0 spiro atoms. The van der Waals surface area contributed by atoms with Crippen molar-refractivity contribution in [3.63, 3.8) is 0 Å². The minimum absolute atomic E-state index is 0.0194. The zero-order valence-electron chi connectivity index (χ0n) is 17.0. The number of anilines is 1. The summed E-state index contributed by atoms with van der Waals surface area (Å²) in [7, 11) is 1.52. The van der Waals surface area contributed by atoms with Crippen LogP contribution in [0.5, 0.6) is 5.88 Å².